The van der Waals surface area contributed by atoms with Crippen molar-refractivity contribution in [3.05, 3.63) is 33.9 Å². The van der Waals surface area contributed by atoms with Gasteiger partial charge in [-0.1, -0.05) is 18.6 Å². The highest BCUT2D eigenvalue weighted by Gasteiger charge is 2.36. The Hall–Kier alpha value is -3.03. The summed E-state index contributed by atoms with van der Waals surface area (Å²) >= 11 is 0. The minimum Gasteiger partial charge on any atom is -0.496 e. The average Bonchev–Trinajstić information content (AvgIpc) is 3.17. The molecule has 8 heteroatoms. The number of rotatable bonds is 11. The van der Waals surface area contributed by atoms with Crippen LogP contribution in [0.5, 0.6) is 5.75 Å². The van der Waals surface area contributed by atoms with Gasteiger partial charge < -0.3 is 19.5 Å². The molecule has 2 amide bonds. The van der Waals surface area contributed by atoms with Crippen LogP contribution in [0.15, 0.2) is 11.6 Å². The van der Waals surface area contributed by atoms with Crippen molar-refractivity contribution in [1.29, 1.82) is 0 Å². The number of hydrogen-bond acceptors (Lipinski definition) is 5. The van der Waals surface area contributed by atoms with E-state index in [2.05, 4.69) is 0 Å². The molecule has 182 valence electrons. The Morgan fingerprint density at radius 3 is 2.39 bits per heavy atom. The normalized spacial score (nSPS) is 12.9. The maximum Gasteiger partial charge on any atom is 0.341 e. The number of urea groups is 1. The van der Waals surface area contributed by atoms with Gasteiger partial charge in [-0.2, -0.15) is 0 Å². The van der Waals surface area contributed by atoms with Crippen LogP contribution in [-0.2, 0) is 22.6 Å². The molecular formula is C25H36N2O6. The van der Waals surface area contributed by atoms with Crippen LogP contribution in [0.25, 0.3) is 0 Å². The molecule has 0 atom stereocenters. The molecule has 1 heterocycles. The third kappa shape index (κ3) is 5.67. The number of hydrogen-bond donors (Lipinski definition) is 1. The van der Waals surface area contributed by atoms with Crippen molar-refractivity contribution in [2.75, 3.05) is 31.6 Å². The number of esters is 1. The molecule has 0 spiro atoms. The number of ether oxygens (including phenoxy) is 2. The number of carbonyl (C=O) groups is 3. The van der Waals surface area contributed by atoms with Crippen LogP contribution in [0, 0.1) is 6.92 Å². The van der Waals surface area contributed by atoms with Crippen LogP contribution in [0.2, 0.25) is 0 Å². The first kappa shape index (κ1) is 26.2. The third-order valence-corrected chi connectivity index (χ3v) is 6.02. The Kier molecular flexibility index (Phi) is 9.32. The van der Waals surface area contributed by atoms with Crippen molar-refractivity contribution in [1.82, 2.24) is 4.90 Å². The number of cyclic esters (lactones) is 1. The van der Waals surface area contributed by atoms with Crippen molar-refractivity contribution in [2.24, 2.45) is 0 Å². The van der Waals surface area contributed by atoms with Crippen LogP contribution >= 0.6 is 0 Å². The van der Waals surface area contributed by atoms with Gasteiger partial charge in [0, 0.05) is 37.2 Å². The second-order valence-electron chi connectivity index (χ2n) is 8.17. The van der Waals surface area contributed by atoms with Gasteiger partial charge >= 0.3 is 18.0 Å². The van der Waals surface area contributed by atoms with Crippen LogP contribution in [-0.4, -0.2) is 54.7 Å². The van der Waals surface area contributed by atoms with Crippen LogP contribution < -0.4 is 9.64 Å². The number of benzene rings is 1. The molecule has 0 aliphatic carbocycles. The van der Waals surface area contributed by atoms with Gasteiger partial charge in [0.1, 0.15) is 12.4 Å². The summed E-state index contributed by atoms with van der Waals surface area (Å²) < 4.78 is 11.2. The van der Waals surface area contributed by atoms with Crippen molar-refractivity contribution < 1.29 is 29.0 Å². The summed E-state index contributed by atoms with van der Waals surface area (Å²) in [4.78, 5) is 40.7. The van der Waals surface area contributed by atoms with Crippen molar-refractivity contribution in [3.8, 4) is 5.75 Å². The van der Waals surface area contributed by atoms with E-state index < -0.39 is 11.9 Å². The van der Waals surface area contributed by atoms with E-state index in [4.69, 9.17) is 14.6 Å². The zero-order valence-electron chi connectivity index (χ0n) is 20.6. The van der Waals surface area contributed by atoms with Gasteiger partial charge in [0.25, 0.3) is 0 Å². The Morgan fingerprint density at radius 1 is 1.18 bits per heavy atom. The van der Waals surface area contributed by atoms with Gasteiger partial charge in [-0.05, 0) is 52.5 Å². The summed E-state index contributed by atoms with van der Waals surface area (Å²) in [6.07, 6.45) is 3.53. The molecule has 0 bridgehead atoms. The minimum absolute atomic E-state index is 0.0459. The van der Waals surface area contributed by atoms with Gasteiger partial charge in [-0.3, -0.25) is 9.69 Å². The molecule has 33 heavy (non-hydrogen) atoms. The van der Waals surface area contributed by atoms with Crippen LogP contribution in [0.1, 0.15) is 74.0 Å². The van der Waals surface area contributed by atoms with Gasteiger partial charge in [0.15, 0.2) is 0 Å². The van der Waals surface area contributed by atoms with E-state index in [1.165, 1.54) is 0 Å². The number of aliphatic carboxylic acids is 1. The standard InChI is InChI=1S/C25H36N2O6/c1-7-14-27(25(31)26(8-2)9-3)22-18(12-10-16(4)11-13-20(28)29)23(32-6)17(5)19-15-33-24(30)21(19)22/h10H,7-9,11-15H2,1-6H3,(H,28,29)/b16-10+. The minimum atomic E-state index is -0.851. The van der Waals surface area contributed by atoms with E-state index in [0.717, 1.165) is 22.3 Å². The molecule has 1 aliphatic heterocycles. The first-order valence-electron chi connectivity index (χ1n) is 11.5. The number of nitrogens with zero attached hydrogens (tertiary/aromatic N) is 2. The van der Waals surface area contributed by atoms with E-state index in [-0.39, 0.29) is 19.1 Å². The predicted octanol–water partition coefficient (Wildman–Crippen LogP) is 4.71. The average molecular weight is 461 g/mol. The van der Waals surface area contributed by atoms with E-state index in [1.54, 1.807) is 16.9 Å². The molecule has 0 aromatic heterocycles. The highest BCUT2D eigenvalue weighted by molar-refractivity contribution is 6.06. The monoisotopic (exact) mass is 460 g/mol. The van der Waals surface area contributed by atoms with Gasteiger partial charge in [0.2, 0.25) is 0 Å². The van der Waals surface area contributed by atoms with E-state index >= 15 is 0 Å². The number of carbonyl (C=O) groups excluding carboxylic acids is 2. The molecular weight excluding hydrogens is 424 g/mol. The molecule has 1 aromatic rings. The third-order valence-electron chi connectivity index (χ3n) is 6.02. The lowest BCUT2D eigenvalue weighted by Crippen LogP contribution is -2.44. The van der Waals surface area contributed by atoms with Crippen LogP contribution in [0.3, 0.4) is 0 Å². The Labute approximate surface area is 196 Å². The predicted molar refractivity (Wildman–Crippen MR) is 127 cm³/mol. The second-order valence-corrected chi connectivity index (χ2v) is 8.17. The van der Waals surface area contributed by atoms with Crippen molar-refractivity contribution in [2.45, 2.75) is 66.9 Å². The smallest absolute Gasteiger partial charge is 0.341 e. The number of methoxy groups -OCH3 is 1. The number of fused-ring (bicyclic) bond motifs is 1. The lowest BCUT2D eigenvalue weighted by atomic mass is 9.92. The van der Waals surface area contributed by atoms with E-state index in [1.807, 2.05) is 40.7 Å². The number of allylic oxidation sites excluding steroid dienone is 2. The molecule has 8 nitrogen and oxygen atoms in total. The Bertz CT molecular complexity index is 934. The molecule has 1 aliphatic rings. The fourth-order valence-corrected chi connectivity index (χ4v) is 4.20. The maximum absolute atomic E-state index is 13.5. The molecule has 2 rings (SSSR count). The fourth-order valence-electron chi connectivity index (χ4n) is 4.20. The van der Waals surface area contributed by atoms with Crippen molar-refractivity contribution >= 4 is 23.7 Å². The van der Waals surface area contributed by atoms with Crippen LogP contribution in [0.4, 0.5) is 10.5 Å². The van der Waals surface area contributed by atoms with Gasteiger partial charge in [-0.15, -0.1) is 0 Å². The second kappa shape index (κ2) is 11.7. The summed E-state index contributed by atoms with van der Waals surface area (Å²) in [5.41, 5.74) is 4.18. The molecule has 0 saturated heterocycles. The molecule has 0 radical (unpaired) electrons. The lowest BCUT2D eigenvalue weighted by molar-refractivity contribution is -0.136. The first-order chi connectivity index (χ1) is 15.7. The lowest BCUT2D eigenvalue weighted by Gasteiger charge is -2.32. The molecule has 0 unspecified atom stereocenters. The zero-order valence-corrected chi connectivity index (χ0v) is 20.6. The Balaban J connectivity index is 2.73. The number of carboxylic acids is 1. The SMILES string of the molecule is CCCN(C(=O)N(CC)CC)c1c(C/C=C(\C)CCC(=O)O)c(OC)c(C)c2c1C(=O)OC2. The quantitative estimate of drug-likeness (QED) is 0.380. The molecule has 1 N–H and O–H groups in total. The Morgan fingerprint density at radius 2 is 1.85 bits per heavy atom. The summed E-state index contributed by atoms with van der Waals surface area (Å²) in [6, 6.07) is -0.164. The number of amides is 2. The summed E-state index contributed by atoms with van der Waals surface area (Å²) in [6.45, 7) is 11.3. The van der Waals surface area contributed by atoms with E-state index in [9.17, 15) is 14.4 Å². The number of carboxylic acid groups (broad SMARTS) is 1. The van der Waals surface area contributed by atoms with Gasteiger partial charge in [0.05, 0.1) is 18.4 Å². The number of anilines is 1. The highest BCUT2D eigenvalue weighted by atomic mass is 16.5. The zero-order chi connectivity index (χ0) is 24.7. The van der Waals surface area contributed by atoms with Crippen molar-refractivity contribution in [3.63, 3.8) is 0 Å². The largest absolute Gasteiger partial charge is 0.496 e. The fraction of sp³-hybridized carbons (Fsp3) is 0.560. The topological polar surface area (TPSA) is 96.4 Å². The van der Waals surface area contributed by atoms with E-state index in [0.29, 0.717) is 55.9 Å². The van der Waals surface area contributed by atoms with Gasteiger partial charge in [-0.25, -0.2) is 9.59 Å². The summed E-state index contributed by atoms with van der Waals surface area (Å²) in [5, 5.41) is 8.99. The molecule has 0 fully saturated rings. The highest BCUT2D eigenvalue weighted by Crippen LogP contribution is 2.43. The first-order valence-corrected chi connectivity index (χ1v) is 11.5. The summed E-state index contributed by atoms with van der Waals surface area (Å²) in [5.74, 6) is -0.666. The molecule has 1 aromatic carbocycles. The summed E-state index contributed by atoms with van der Waals surface area (Å²) in [7, 11) is 1.58. The molecule has 0 saturated carbocycles. The maximum atomic E-state index is 13.5.